The Hall–Kier alpha value is -2.04. The number of rotatable bonds is 5. The van der Waals surface area contributed by atoms with Gasteiger partial charge in [0.05, 0.1) is 11.4 Å². The van der Waals surface area contributed by atoms with E-state index < -0.39 is 0 Å². The summed E-state index contributed by atoms with van der Waals surface area (Å²) in [4.78, 5) is 26.3. The Morgan fingerprint density at radius 1 is 1.27 bits per heavy atom. The molecule has 0 fully saturated rings. The molecule has 1 unspecified atom stereocenters. The smallest absolute Gasteiger partial charge is 0.250 e. The molecule has 0 bridgehead atoms. The van der Waals surface area contributed by atoms with Gasteiger partial charge >= 0.3 is 0 Å². The molecule has 1 aliphatic heterocycles. The minimum Gasteiger partial charge on any atom is -0.372 e. The lowest BCUT2D eigenvalue weighted by Crippen LogP contribution is -2.50. The van der Waals surface area contributed by atoms with Crippen LogP contribution in [0.4, 0.5) is 11.4 Å². The number of hydrogen-bond acceptors (Lipinski definition) is 3. The van der Waals surface area contributed by atoms with E-state index in [0.29, 0.717) is 13.0 Å². The number of fused-ring (bicyclic) bond motifs is 1. The number of anilines is 2. The van der Waals surface area contributed by atoms with Gasteiger partial charge < -0.3 is 10.6 Å². The highest BCUT2D eigenvalue weighted by molar-refractivity contribution is 6.08. The Bertz CT molecular complexity index is 584. The minimum atomic E-state index is -0.270. The van der Waals surface area contributed by atoms with Gasteiger partial charge in [-0.05, 0) is 49.9 Å². The highest BCUT2D eigenvalue weighted by Crippen LogP contribution is 2.34. The van der Waals surface area contributed by atoms with Crippen molar-refractivity contribution in [3.63, 3.8) is 0 Å². The number of carbonyl (C=O) groups excluding carboxylic acids is 2. The number of benzene rings is 1. The molecule has 5 nitrogen and oxygen atoms in total. The van der Waals surface area contributed by atoms with Crippen molar-refractivity contribution in [2.24, 2.45) is 0 Å². The van der Waals surface area contributed by atoms with Crippen LogP contribution < -0.4 is 15.5 Å². The average Bonchev–Trinajstić information content (AvgIpc) is 2.49. The van der Waals surface area contributed by atoms with Crippen LogP contribution in [0.2, 0.25) is 0 Å². The van der Waals surface area contributed by atoms with Crippen LogP contribution in [0.25, 0.3) is 0 Å². The standard InChI is InChI=1S/C17H25N3O2/c1-5-7-18-16(21)10-20-15-9-12(4)11(3)8-14(15)19-13(6-2)17(20)22/h8-9,13,19H,5-7,10H2,1-4H3,(H,18,21). The van der Waals surface area contributed by atoms with E-state index in [1.54, 1.807) is 4.90 Å². The molecule has 2 rings (SSSR count). The first-order valence-electron chi connectivity index (χ1n) is 7.93. The topological polar surface area (TPSA) is 61.4 Å². The molecule has 0 spiro atoms. The van der Waals surface area contributed by atoms with Crippen molar-refractivity contribution in [1.29, 1.82) is 0 Å². The summed E-state index contributed by atoms with van der Waals surface area (Å²) in [5.74, 6) is -0.152. The molecule has 0 radical (unpaired) electrons. The second kappa shape index (κ2) is 6.81. The summed E-state index contributed by atoms with van der Waals surface area (Å²) in [6.07, 6.45) is 1.58. The van der Waals surface area contributed by atoms with E-state index in [1.165, 1.54) is 5.56 Å². The van der Waals surface area contributed by atoms with Crippen molar-refractivity contribution >= 4 is 23.2 Å². The lowest BCUT2D eigenvalue weighted by atomic mass is 10.0. The van der Waals surface area contributed by atoms with E-state index >= 15 is 0 Å². The molecule has 0 saturated heterocycles. The maximum atomic E-state index is 12.6. The van der Waals surface area contributed by atoms with Gasteiger partial charge in [-0.2, -0.15) is 0 Å². The first-order chi connectivity index (χ1) is 10.5. The fourth-order valence-corrected chi connectivity index (χ4v) is 2.60. The van der Waals surface area contributed by atoms with Gasteiger partial charge in [0.2, 0.25) is 11.8 Å². The van der Waals surface area contributed by atoms with Gasteiger partial charge in [0.25, 0.3) is 0 Å². The van der Waals surface area contributed by atoms with Crippen LogP contribution in [0.5, 0.6) is 0 Å². The molecular weight excluding hydrogens is 278 g/mol. The fourth-order valence-electron chi connectivity index (χ4n) is 2.60. The van der Waals surface area contributed by atoms with E-state index in [4.69, 9.17) is 0 Å². The van der Waals surface area contributed by atoms with Crippen LogP contribution in [0.1, 0.15) is 37.8 Å². The largest absolute Gasteiger partial charge is 0.372 e. The summed E-state index contributed by atoms with van der Waals surface area (Å²) in [5, 5.41) is 6.12. The number of hydrogen-bond donors (Lipinski definition) is 2. The molecule has 1 aromatic carbocycles. The van der Waals surface area contributed by atoms with Crippen LogP contribution in [-0.2, 0) is 9.59 Å². The molecule has 1 aliphatic rings. The number of aryl methyl sites for hydroxylation is 2. The van der Waals surface area contributed by atoms with Gasteiger partial charge in [-0.1, -0.05) is 13.8 Å². The summed E-state index contributed by atoms with van der Waals surface area (Å²) in [6, 6.07) is 3.76. The Kier molecular flexibility index (Phi) is 5.06. The molecule has 1 heterocycles. The molecule has 1 aromatic rings. The zero-order valence-corrected chi connectivity index (χ0v) is 13.8. The van der Waals surface area contributed by atoms with Crippen LogP contribution in [0.15, 0.2) is 12.1 Å². The third-order valence-electron chi connectivity index (χ3n) is 4.08. The lowest BCUT2D eigenvalue weighted by molar-refractivity contribution is -0.124. The van der Waals surface area contributed by atoms with Crippen molar-refractivity contribution in [2.75, 3.05) is 23.3 Å². The molecule has 2 N–H and O–H groups in total. The van der Waals surface area contributed by atoms with Crippen LogP contribution in [0, 0.1) is 13.8 Å². The monoisotopic (exact) mass is 303 g/mol. The maximum Gasteiger partial charge on any atom is 0.250 e. The predicted molar refractivity (Wildman–Crippen MR) is 89.3 cm³/mol. The van der Waals surface area contributed by atoms with E-state index in [9.17, 15) is 9.59 Å². The van der Waals surface area contributed by atoms with E-state index in [0.717, 1.165) is 23.4 Å². The van der Waals surface area contributed by atoms with Crippen LogP contribution in [0.3, 0.4) is 0 Å². The Morgan fingerprint density at radius 3 is 2.59 bits per heavy atom. The van der Waals surface area contributed by atoms with Crippen molar-refractivity contribution in [1.82, 2.24) is 5.32 Å². The van der Waals surface area contributed by atoms with Crippen molar-refractivity contribution in [3.05, 3.63) is 23.3 Å². The van der Waals surface area contributed by atoms with Gasteiger partial charge in [0, 0.05) is 6.54 Å². The summed E-state index contributed by atoms with van der Waals surface area (Å²) in [6.45, 7) is 8.75. The molecule has 22 heavy (non-hydrogen) atoms. The summed E-state index contributed by atoms with van der Waals surface area (Å²) >= 11 is 0. The molecule has 5 heteroatoms. The first kappa shape index (κ1) is 16.3. The van der Waals surface area contributed by atoms with E-state index in [-0.39, 0.29) is 24.4 Å². The number of amides is 2. The van der Waals surface area contributed by atoms with E-state index in [2.05, 4.69) is 16.7 Å². The van der Waals surface area contributed by atoms with Crippen molar-refractivity contribution in [2.45, 2.75) is 46.6 Å². The fraction of sp³-hybridized carbons (Fsp3) is 0.529. The van der Waals surface area contributed by atoms with Crippen molar-refractivity contribution in [3.8, 4) is 0 Å². The Labute approximate surface area is 132 Å². The average molecular weight is 303 g/mol. The van der Waals surface area contributed by atoms with Crippen molar-refractivity contribution < 1.29 is 9.59 Å². The van der Waals surface area contributed by atoms with Gasteiger partial charge in [0.15, 0.2) is 0 Å². The number of nitrogens with zero attached hydrogens (tertiary/aromatic N) is 1. The Balaban J connectivity index is 2.32. The van der Waals surface area contributed by atoms with Gasteiger partial charge in [-0.25, -0.2) is 0 Å². The number of carbonyl (C=O) groups is 2. The summed E-state index contributed by atoms with van der Waals surface area (Å²) < 4.78 is 0. The van der Waals surface area contributed by atoms with Gasteiger partial charge in [0.1, 0.15) is 12.6 Å². The zero-order valence-electron chi connectivity index (χ0n) is 13.8. The summed E-state index contributed by atoms with van der Waals surface area (Å²) in [5.41, 5.74) is 4.01. The third kappa shape index (κ3) is 3.24. The van der Waals surface area contributed by atoms with Crippen LogP contribution in [-0.4, -0.2) is 30.9 Å². The molecule has 1 atom stereocenters. The lowest BCUT2D eigenvalue weighted by Gasteiger charge is -2.35. The first-order valence-corrected chi connectivity index (χ1v) is 7.93. The number of nitrogens with one attached hydrogen (secondary N) is 2. The second-order valence-corrected chi connectivity index (χ2v) is 5.83. The van der Waals surface area contributed by atoms with Crippen LogP contribution >= 0.6 is 0 Å². The summed E-state index contributed by atoms with van der Waals surface area (Å²) in [7, 11) is 0. The molecule has 2 amide bonds. The van der Waals surface area contributed by atoms with Gasteiger partial charge in [-0.3, -0.25) is 14.5 Å². The highest BCUT2D eigenvalue weighted by atomic mass is 16.2. The van der Waals surface area contributed by atoms with E-state index in [1.807, 2.05) is 33.8 Å². The SMILES string of the molecule is CCCNC(=O)CN1C(=O)C(CC)Nc2cc(C)c(C)cc21. The molecule has 0 aliphatic carbocycles. The maximum absolute atomic E-state index is 12.6. The predicted octanol–water partition coefficient (Wildman–Crippen LogP) is 2.37. The zero-order chi connectivity index (χ0) is 16.3. The van der Waals surface area contributed by atoms with Gasteiger partial charge in [-0.15, -0.1) is 0 Å². The molecule has 0 aromatic heterocycles. The second-order valence-electron chi connectivity index (χ2n) is 5.83. The Morgan fingerprint density at radius 2 is 1.95 bits per heavy atom. The molecule has 0 saturated carbocycles. The quantitative estimate of drug-likeness (QED) is 0.878. The normalized spacial score (nSPS) is 17.0. The third-order valence-corrected chi connectivity index (χ3v) is 4.08. The highest BCUT2D eigenvalue weighted by Gasteiger charge is 2.32. The molecular formula is C17H25N3O2. The molecule has 120 valence electrons. The minimum absolute atomic E-state index is 0.0371.